The predicted octanol–water partition coefficient (Wildman–Crippen LogP) is 4.32. The van der Waals surface area contributed by atoms with Crippen molar-refractivity contribution in [1.29, 1.82) is 0 Å². The van der Waals surface area contributed by atoms with Gasteiger partial charge in [0.15, 0.2) is 5.03 Å². The Labute approximate surface area is 141 Å². The maximum Gasteiger partial charge on any atom is 0.287 e. The molecule has 2 aromatic carbocycles. The monoisotopic (exact) mass is 346 g/mol. The third-order valence-electron chi connectivity index (χ3n) is 3.22. The first-order valence-corrected chi connectivity index (χ1v) is 8.21. The van der Waals surface area contributed by atoms with Crippen LogP contribution in [0.3, 0.4) is 0 Å². The minimum atomic E-state index is -0.381. The van der Waals surface area contributed by atoms with E-state index in [9.17, 15) is 9.18 Å². The summed E-state index contributed by atoms with van der Waals surface area (Å²) < 4.78 is 14.6. The molecular formula is C17H12ClFN2OS. The fraction of sp³-hybridized carbons (Fsp3) is 0.0588. The van der Waals surface area contributed by atoms with Crippen LogP contribution in [0.5, 0.6) is 0 Å². The van der Waals surface area contributed by atoms with Crippen LogP contribution in [0, 0.1) is 5.82 Å². The van der Waals surface area contributed by atoms with Gasteiger partial charge >= 0.3 is 0 Å². The van der Waals surface area contributed by atoms with Crippen molar-refractivity contribution in [2.45, 2.75) is 10.8 Å². The Kier molecular flexibility index (Phi) is 4.79. The molecule has 0 bridgehead atoms. The third kappa shape index (κ3) is 3.63. The molecule has 0 amide bonds. The van der Waals surface area contributed by atoms with Crippen molar-refractivity contribution in [2.75, 3.05) is 0 Å². The van der Waals surface area contributed by atoms with Gasteiger partial charge in [0.05, 0.1) is 0 Å². The maximum atomic E-state index is 13.1. The highest BCUT2D eigenvalue weighted by atomic mass is 35.5. The van der Waals surface area contributed by atoms with Crippen LogP contribution in [0.2, 0.25) is 5.02 Å². The quantitative estimate of drug-likeness (QED) is 0.660. The topological polar surface area (TPSA) is 34.9 Å². The molecule has 0 saturated heterocycles. The molecule has 0 aliphatic heterocycles. The van der Waals surface area contributed by atoms with Crippen LogP contribution in [-0.2, 0) is 5.75 Å². The molecule has 0 saturated carbocycles. The molecule has 3 aromatic rings. The average Bonchev–Trinajstić information content (AvgIpc) is 2.56. The van der Waals surface area contributed by atoms with E-state index in [0.717, 1.165) is 11.3 Å². The van der Waals surface area contributed by atoms with Crippen LogP contribution in [-0.4, -0.2) is 9.55 Å². The number of rotatable bonds is 4. The predicted molar refractivity (Wildman–Crippen MR) is 90.8 cm³/mol. The van der Waals surface area contributed by atoms with E-state index in [4.69, 9.17) is 11.6 Å². The number of nitrogens with zero attached hydrogens (tertiary/aromatic N) is 2. The fourth-order valence-corrected chi connectivity index (χ4v) is 3.28. The first kappa shape index (κ1) is 15.8. The van der Waals surface area contributed by atoms with Gasteiger partial charge < -0.3 is 0 Å². The highest BCUT2D eigenvalue weighted by Gasteiger charge is 2.09. The highest BCUT2D eigenvalue weighted by Crippen LogP contribution is 2.24. The largest absolute Gasteiger partial charge is 0.287 e. The minimum Gasteiger partial charge on any atom is -0.280 e. The molecule has 0 spiro atoms. The molecule has 6 heteroatoms. The summed E-state index contributed by atoms with van der Waals surface area (Å²) in [5.74, 6) is 0.0631. The van der Waals surface area contributed by atoms with Gasteiger partial charge in [0.25, 0.3) is 5.56 Å². The standard InChI is InChI=1S/C17H12ClFN2OS/c18-15-10-13(19)7-6-12(15)11-23-16-17(22)21(9-8-20-16)14-4-2-1-3-5-14/h1-10H,11H2. The van der Waals surface area contributed by atoms with Gasteiger partial charge in [-0.05, 0) is 29.8 Å². The van der Waals surface area contributed by atoms with E-state index in [1.807, 2.05) is 30.3 Å². The van der Waals surface area contributed by atoms with E-state index < -0.39 is 0 Å². The van der Waals surface area contributed by atoms with Crippen molar-refractivity contribution in [3.05, 3.63) is 87.7 Å². The molecule has 3 rings (SSSR count). The SMILES string of the molecule is O=c1c(SCc2ccc(F)cc2Cl)nccn1-c1ccccc1. The molecule has 0 unspecified atom stereocenters. The van der Waals surface area contributed by atoms with Gasteiger partial charge in [0.1, 0.15) is 5.82 Å². The molecule has 1 heterocycles. The Bertz CT molecular complexity index is 883. The zero-order chi connectivity index (χ0) is 16.2. The van der Waals surface area contributed by atoms with Crippen molar-refractivity contribution in [2.24, 2.45) is 0 Å². The maximum absolute atomic E-state index is 13.1. The first-order chi connectivity index (χ1) is 11.1. The van der Waals surface area contributed by atoms with Crippen LogP contribution in [0.1, 0.15) is 5.56 Å². The normalized spacial score (nSPS) is 10.7. The summed E-state index contributed by atoms with van der Waals surface area (Å²) in [4.78, 5) is 16.7. The van der Waals surface area contributed by atoms with Crippen LogP contribution in [0.25, 0.3) is 5.69 Å². The molecular weight excluding hydrogens is 335 g/mol. The highest BCUT2D eigenvalue weighted by molar-refractivity contribution is 7.98. The summed E-state index contributed by atoms with van der Waals surface area (Å²) >= 11 is 7.28. The third-order valence-corrected chi connectivity index (χ3v) is 4.58. The summed E-state index contributed by atoms with van der Waals surface area (Å²) in [6, 6.07) is 13.6. The molecule has 1 aromatic heterocycles. The Morgan fingerprint density at radius 1 is 1.17 bits per heavy atom. The Balaban J connectivity index is 1.85. The van der Waals surface area contributed by atoms with Gasteiger partial charge in [-0.1, -0.05) is 47.6 Å². The molecule has 3 nitrogen and oxygen atoms in total. The molecule has 0 radical (unpaired) electrons. The molecule has 0 aliphatic rings. The van der Waals surface area contributed by atoms with Crippen molar-refractivity contribution in [3.63, 3.8) is 0 Å². The van der Waals surface area contributed by atoms with Crippen molar-refractivity contribution < 1.29 is 4.39 Å². The average molecular weight is 347 g/mol. The lowest BCUT2D eigenvalue weighted by Gasteiger charge is -2.07. The summed E-state index contributed by atoms with van der Waals surface area (Å²) in [7, 11) is 0. The van der Waals surface area contributed by atoms with Crippen LogP contribution in [0.4, 0.5) is 4.39 Å². The van der Waals surface area contributed by atoms with E-state index in [0.29, 0.717) is 15.8 Å². The van der Waals surface area contributed by atoms with E-state index >= 15 is 0 Å². The number of aromatic nitrogens is 2. The van der Waals surface area contributed by atoms with E-state index in [1.54, 1.807) is 23.0 Å². The van der Waals surface area contributed by atoms with Gasteiger partial charge in [0.2, 0.25) is 0 Å². The number of halogens is 2. The summed E-state index contributed by atoms with van der Waals surface area (Å²) in [6.07, 6.45) is 3.22. The summed E-state index contributed by atoms with van der Waals surface area (Å²) in [6.45, 7) is 0. The molecule has 0 aliphatic carbocycles. The lowest BCUT2D eigenvalue weighted by Crippen LogP contribution is -2.20. The lowest BCUT2D eigenvalue weighted by molar-refractivity contribution is 0.627. The molecule has 0 N–H and O–H groups in total. The smallest absolute Gasteiger partial charge is 0.280 e. The molecule has 0 atom stereocenters. The van der Waals surface area contributed by atoms with E-state index in [-0.39, 0.29) is 11.4 Å². The number of hydrogen-bond donors (Lipinski definition) is 0. The summed E-state index contributed by atoms with van der Waals surface area (Å²) in [5.41, 5.74) is 1.35. The zero-order valence-corrected chi connectivity index (χ0v) is 13.5. The fourth-order valence-electron chi connectivity index (χ4n) is 2.07. The number of thioether (sulfide) groups is 1. The molecule has 0 fully saturated rings. The number of para-hydroxylation sites is 1. The van der Waals surface area contributed by atoms with Crippen LogP contribution in [0.15, 0.2) is 70.7 Å². The first-order valence-electron chi connectivity index (χ1n) is 6.85. The Hall–Kier alpha value is -2.11. The van der Waals surface area contributed by atoms with Gasteiger partial charge in [-0.2, -0.15) is 0 Å². The zero-order valence-electron chi connectivity index (χ0n) is 11.9. The lowest BCUT2D eigenvalue weighted by atomic mass is 10.2. The van der Waals surface area contributed by atoms with Crippen molar-refractivity contribution in [1.82, 2.24) is 9.55 Å². The van der Waals surface area contributed by atoms with Crippen molar-refractivity contribution >= 4 is 23.4 Å². The minimum absolute atomic E-state index is 0.193. The van der Waals surface area contributed by atoms with Gasteiger partial charge in [-0.25, -0.2) is 9.37 Å². The van der Waals surface area contributed by atoms with Gasteiger partial charge in [-0.3, -0.25) is 9.36 Å². The van der Waals surface area contributed by atoms with E-state index in [1.165, 1.54) is 23.9 Å². The van der Waals surface area contributed by atoms with Crippen LogP contribution >= 0.6 is 23.4 Å². The second-order valence-corrected chi connectivity index (χ2v) is 6.14. The van der Waals surface area contributed by atoms with Crippen molar-refractivity contribution in [3.8, 4) is 5.69 Å². The van der Waals surface area contributed by atoms with Gasteiger partial charge in [-0.15, -0.1) is 0 Å². The second-order valence-electron chi connectivity index (χ2n) is 4.77. The summed E-state index contributed by atoms with van der Waals surface area (Å²) in [5, 5.41) is 0.716. The van der Waals surface area contributed by atoms with E-state index in [2.05, 4.69) is 4.98 Å². The number of hydrogen-bond acceptors (Lipinski definition) is 3. The molecule has 116 valence electrons. The van der Waals surface area contributed by atoms with Crippen LogP contribution < -0.4 is 5.56 Å². The Morgan fingerprint density at radius 3 is 2.70 bits per heavy atom. The Morgan fingerprint density at radius 2 is 1.96 bits per heavy atom. The van der Waals surface area contributed by atoms with Gasteiger partial charge in [0, 0.05) is 28.9 Å². The second kappa shape index (κ2) is 6.98. The number of benzene rings is 2. The molecule has 23 heavy (non-hydrogen) atoms.